The SMILES string of the molecule is O=C(O)C=Cc1ccc(N[C@@H]2CCN(C(=O)c3ccc(Cl)cc3)C2I)cc1. The number of aliphatic carboxylic acids is 1. The molecule has 2 atom stereocenters. The Bertz CT molecular complexity index is 853. The van der Waals surface area contributed by atoms with E-state index in [4.69, 9.17) is 16.7 Å². The number of hydrogen-bond donors (Lipinski definition) is 2. The second kappa shape index (κ2) is 8.75. The van der Waals surface area contributed by atoms with Crippen molar-refractivity contribution in [2.45, 2.75) is 16.5 Å². The third kappa shape index (κ3) is 5.01. The van der Waals surface area contributed by atoms with Crippen molar-refractivity contribution < 1.29 is 14.7 Å². The van der Waals surface area contributed by atoms with Crippen molar-refractivity contribution in [2.24, 2.45) is 0 Å². The fourth-order valence-corrected chi connectivity index (χ4v) is 4.14. The summed E-state index contributed by atoms with van der Waals surface area (Å²) in [6.07, 6.45) is 3.52. The van der Waals surface area contributed by atoms with E-state index in [0.717, 1.165) is 23.7 Å². The highest BCUT2D eigenvalue weighted by molar-refractivity contribution is 14.1. The first-order valence-corrected chi connectivity index (χ1v) is 10.0. The monoisotopic (exact) mass is 496 g/mol. The number of alkyl halides is 1. The van der Waals surface area contributed by atoms with E-state index >= 15 is 0 Å². The first-order valence-electron chi connectivity index (χ1n) is 8.42. The van der Waals surface area contributed by atoms with Crippen LogP contribution in [0.3, 0.4) is 0 Å². The average Bonchev–Trinajstić information content (AvgIpc) is 3.01. The summed E-state index contributed by atoms with van der Waals surface area (Å²) in [6, 6.07) is 14.6. The molecular weight excluding hydrogens is 479 g/mol. The molecule has 1 aliphatic heterocycles. The lowest BCUT2D eigenvalue weighted by Crippen LogP contribution is -2.37. The maximum Gasteiger partial charge on any atom is 0.328 e. The quantitative estimate of drug-likeness (QED) is 0.276. The first kappa shape index (κ1) is 19.7. The van der Waals surface area contributed by atoms with Gasteiger partial charge in [-0.05, 0) is 54.5 Å². The van der Waals surface area contributed by atoms with Crippen LogP contribution in [-0.2, 0) is 4.79 Å². The van der Waals surface area contributed by atoms with E-state index in [1.54, 1.807) is 30.3 Å². The molecule has 3 rings (SSSR count). The lowest BCUT2D eigenvalue weighted by Gasteiger charge is -2.24. The third-order valence-electron chi connectivity index (χ3n) is 4.34. The molecule has 27 heavy (non-hydrogen) atoms. The zero-order valence-corrected chi connectivity index (χ0v) is 17.2. The van der Waals surface area contributed by atoms with E-state index in [1.807, 2.05) is 29.2 Å². The molecule has 1 aliphatic rings. The van der Waals surface area contributed by atoms with Gasteiger partial charge in [0.15, 0.2) is 0 Å². The van der Waals surface area contributed by atoms with Gasteiger partial charge in [0, 0.05) is 28.9 Å². The summed E-state index contributed by atoms with van der Waals surface area (Å²) in [7, 11) is 0. The number of nitrogens with zero attached hydrogens (tertiary/aromatic N) is 1. The van der Waals surface area contributed by atoms with E-state index < -0.39 is 5.97 Å². The van der Waals surface area contributed by atoms with Gasteiger partial charge in [0.05, 0.1) is 6.04 Å². The van der Waals surface area contributed by atoms with Gasteiger partial charge in [0.2, 0.25) is 0 Å². The largest absolute Gasteiger partial charge is 0.478 e. The normalized spacial score (nSPS) is 19.4. The molecule has 0 radical (unpaired) electrons. The van der Waals surface area contributed by atoms with Gasteiger partial charge in [0.25, 0.3) is 5.91 Å². The van der Waals surface area contributed by atoms with Crippen LogP contribution in [0.15, 0.2) is 54.6 Å². The van der Waals surface area contributed by atoms with Crippen LogP contribution >= 0.6 is 34.2 Å². The van der Waals surface area contributed by atoms with Crippen LogP contribution in [0.25, 0.3) is 6.08 Å². The van der Waals surface area contributed by atoms with Crippen molar-refractivity contribution >= 4 is 57.8 Å². The summed E-state index contributed by atoms with van der Waals surface area (Å²) in [5.74, 6) is -0.967. The number of amides is 1. The van der Waals surface area contributed by atoms with Gasteiger partial charge in [-0.25, -0.2) is 4.79 Å². The van der Waals surface area contributed by atoms with Gasteiger partial charge >= 0.3 is 5.97 Å². The van der Waals surface area contributed by atoms with Crippen LogP contribution < -0.4 is 5.32 Å². The molecule has 1 saturated heterocycles. The van der Waals surface area contributed by atoms with Crippen molar-refractivity contribution in [1.82, 2.24) is 4.90 Å². The highest BCUT2D eigenvalue weighted by Gasteiger charge is 2.35. The molecule has 2 aromatic rings. The molecule has 0 aliphatic carbocycles. The summed E-state index contributed by atoms with van der Waals surface area (Å²) in [4.78, 5) is 25.2. The van der Waals surface area contributed by atoms with Crippen LogP contribution in [0.4, 0.5) is 5.69 Å². The zero-order valence-electron chi connectivity index (χ0n) is 14.3. The minimum atomic E-state index is -0.971. The lowest BCUT2D eigenvalue weighted by atomic mass is 10.1. The Morgan fingerprint density at radius 1 is 1.15 bits per heavy atom. The number of benzene rings is 2. The molecule has 0 aromatic heterocycles. The second-order valence-corrected chi connectivity index (χ2v) is 7.92. The molecule has 0 spiro atoms. The predicted octanol–water partition coefficient (Wildman–Crippen LogP) is 4.53. The molecule has 5 nitrogen and oxygen atoms in total. The van der Waals surface area contributed by atoms with Gasteiger partial charge in [0.1, 0.15) is 4.05 Å². The Kier molecular flexibility index (Phi) is 6.38. The van der Waals surface area contributed by atoms with Crippen LogP contribution in [0.1, 0.15) is 22.3 Å². The maximum atomic E-state index is 12.7. The van der Waals surface area contributed by atoms with Crippen LogP contribution in [0.5, 0.6) is 0 Å². The lowest BCUT2D eigenvalue weighted by molar-refractivity contribution is -0.131. The number of halogens is 2. The Hall–Kier alpha value is -2.06. The summed E-state index contributed by atoms with van der Waals surface area (Å²) in [5, 5.41) is 12.8. The topological polar surface area (TPSA) is 69.6 Å². The summed E-state index contributed by atoms with van der Waals surface area (Å²) in [6.45, 7) is 0.687. The molecule has 1 fully saturated rings. The Balaban J connectivity index is 1.63. The van der Waals surface area contributed by atoms with Gasteiger partial charge in [-0.15, -0.1) is 0 Å². The van der Waals surface area contributed by atoms with Crippen molar-refractivity contribution in [3.05, 3.63) is 70.8 Å². The van der Waals surface area contributed by atoms with Crippen molar-refractivity contribution in [1.29, 1.82) is 0 Å². The highest BCUT2D eigenvalue weighted by Crippen LogP contribution is 2.28. The van der Waals surface area contributed by atoms with E-state index in [0.29, 0.717) is 17.1 Å². The molecule has 1 amide bonds. The standard InChI is InChI=1S/C20H18ClIN2O3/c21-15-6-4-14(5-7-15)20(27)24-12-11-17(19(24)22)23-16-8-1-13(2-9-16)3-10-18(25)26/h1-10,17,19,23H,11-12H2,(H,25,26)/t17-,19?/m1/s1. The van der Waals surface area contributed by atoms with Gasteiger partial charge in [-0.1, -0.05) is 46.3 Å². The van der Waals surface area contributed by atoms with Crippen LogP contribution in [0, 0.1) is 0 Å². The number of rotatable bonds is 5. The van der Waals surface area contributed by atoms with Crippen LogP contribution in [-0.4, -0.2) is 38.5 Å². The predicted molar refractivity (Wildman–Crippen MR) is 115 cm³/mol. The Morgan fingerprint density at radius 2 is 1.81 bits per heavy atom. The molecule has 0 bridgehead atoms. The highest BCUT2D eigenvalue weighted by atomic mass is 127. The fourth-order valence-electron chi connectivity index (χ4n) is 2.94. The van der Waals surface area contributed by atoms with Crippen LogP contribution in [0.2, 0.25) is 5.02 Å². The molecule has 140 valence electrons. The number of nitrogens with one attached hydrogen (secondary N) is 1. The molecule has 2 aromatic carbocycles. The second-order valence-electron chi connectivity index (χ2n) is 6.21. The minimum absolute atomic E-state index is 0.00419. The van der Waals surface area contributed by atoms with Crippen molar-refractivity contribution in [3.8, 4) is 0 Å². The number of carbonyl (C=O) groups is 2. The molecule has 0 saturated carbocycles. The molecule has 1 heterocycles. The van der Waals surface area contributed by atoms with Crippen molar-refractivity contribution in [3.63, 3.8) is 0 Å². The zero-order chi connectivity index (χ0) is 19.4. The smallest absolute Gasteiger partial charge is 0.328 e. The van der Waals surface area contributed by atoms with E-state index in [9.17, 15) is 9.59 Å². The Morgan fingerprint density at radius 3 is 2.44 bits per heavy atom. The summed E-state index contributed by atoms with van der Waals surface area (Å²) >= 11 is 8.19. The van der Waals surface area contributed by atoms with Gasteiger partial charge in [-0.2, -0.15) is 0 Å². The molecule has 7 heteroatoms. The number of hydrogen-bond acceptors (Lipinski definition) is 3. The molecular formula is C20H18ClIN2O3. The number of likely N-dealkylation sites (tertiary alicyclic amines) is 1. The average molecular weight is 497 g/mol. The van der Waals surface area contributed by atoms with Crippen molar-refractivity contribution in [2.75, 3.05) is 11.9 Å². The Labute approximate surface area is 176 Å². The molecule has 1 unspecified atom stereocenters. The number of carboxylic acid groups (broad SMARTS) is 1. The van der Waals surface area contributed by atoms with Gasteiger partial charge in [-0.3, -0.25) is 4.79 Å². The van der Waals surface area contributed by atoms with E-state index in [-0.39, 0.29) is 16.0 Å². The molecule has 2 N–H and O–H groups in total. The number of anilines is 1. The number of carbonyl (C=O) groups excluding carboxylic acids is 1. The maximum absolute atomic E-state index is 12.7. The number of carboxylic acids is 1. The fraction of sp³-hybridized carbons (Fsp3) is 0.200. The summed E-state index contributed by atoms with van der Waals surface area (Å²) < 4.78 is 0.0253. The minimum Gasteiger partial charge on any atom is -0.478 e. The van der Waals surface area contributed by atoms with E-state index in [2.05, 4.69) is 27.9 Å². The first-order chi connectivity index (χ1) is 12.9. The summed E-state index contributed by atoms with van der Waals surface area (Å²) in [5.41, 5.74) is 2.39. The van der Waals surface area contributed by atoms with E-state index in [1.165, 1.54) is 0 Å². The third-order valence-corrected chi connectivity index (χ3v) is 6.14. The van der Waals surface area contributed by atoms with Gasteiger partial charge < -0.3 is 15.3 Å².